The van der Waals surface area contributed by atoms with Gasteiger partial charge in [-0.2, -0.15) is 0 Å². The van der Waals surface area contributed by atoms with Crippen LogP contribution in [0.4, 0.5) is 0 Å². The summed E-state index contributed by atoms with van der Waals surface area (Å²) in [5.74, 6) is -0.0253. The molecule has 0 spiro atoms. The highest BCUT2D eigenvalue weighted by Crippen LogP contribution is 2.30. The molecule has 3 heteroatoms. The maximum atomic E-state index is 10.6. The molecule has 2 heterocycles. The number of nitrogens with zero attached hydrogens (tertiary/aromatic N) is 1. The van der Waals surface area contributed by atoms with Crippen molar-refractivity contribution in [2.24, 2.45) is 11.8 Å². The van der Waals surface area contributed by atoms with Gasteiger partial charge in [0, 0.05) is 13.1 Å². The molecule has 3 nitrogen and oxygen atoms in total. The Morgan fingerprint density at radius 3 is 2.91 bits per heavy atom. The fraction of sp³-hybridized carbons (Fsp3) is 0.875. The summed E-state index contributed by atoms with van der Waals surface area (Å²) in [7, 11) is 0. The smallest absolute Gasteiger partial charge is 0.307 e. The van der Waals surface area contributed by atoms with Crippen LogP contribution in [0.15, 0.2) is 0 Å². The molecule has 0 saturated carbocycles. The molecule has 3 atom stereocenters. The van der Waals surface area contributed by atoms with Crippen molar-refractivity contribution in [3.8, 4) is 0 Å². The number of fused-ring (bicyclic) bond motifs is 2. The van der Waals surface area contributed by atoms with E-state index in [4.69, 9.17) is 5.11 Å². The largest absolute Gasteiger partial charge is 0.481 e. The zero-order valence-corrected chi connectivity index (χ0v) is 6.49. The van der Waals surface area contributed by atoms with E-state index in [1.165, 1.54) is 6.42 Å². The van der Waals surface area contributed by atoms with E-state index in [1.807, 2.05) is 0 Å². The van der Waals surface area contributed by atoms with Gasteiger partial charge in [-0.25, -0.2) is 0 Å². The number of rotatable bonds is 1. The number of carbonyl (C=O) groups is 1. The third-order valence-electron chi connectivity index (χ3n) is 2.82. The minimum Gasteiger partial charge on any atom is -0.481 e. The lowest BCUT2D eigenvalue weighted by atomic mass is 9.92. The summed E-state index contributed by atoms with van der Waals surface area (Å²) >= 11 is 0. The molecule has 0 radical (unpaired) electrons. The van der Waals surface area contributed by atoms with Gasteiger partial charge in [-0.05, 0) is 25.3 Å². The fourth-order valence-corrected chi connectivity index (χ4v) is 2.24. The molecule has 0 aromatic rings. The number of carboxylic acids is 1. The van der Waals surface area contributed by atoms with Gasteiger partial charge in [0.15, 0.2) is 0 Å². The quantitative estimate of drug-likeness (QED) is 0.596. The van der Waals surface area contributed by atoms with Crippen molar-refractivity contribution in [1.29, 1.82) is 0 Å². The number of aliphatic carboxylic acids is 1. The maximum absolute atomic E-state index is 10.6. The van der Waals surface area contributed by atoms with Crippen LogP contribution in [0.5, 0.6) is 0 Å². The van der Waals surface area contributed by atoms with Crippen molar-refractivity contribution in [1.82, 2.24) is 4.90 Å². The monoisotopic (exact) mass is 155 g/mol. The average Bonchev–Trinajstić information content (AvgIpc) is 2.30. The standard InChI is InChI=1S/C8H13NO2/c10-8(11)7-3-6-1-2-9(4-6)5-7/h6-7H,1-5H2,(H,10,11)/t6-,7-/m0/s1. The third-order valence-corrected chi connectivity index (χ3v) is 2.82. The lowest BCUT2D eigenvalue weighted by molar-refractivity contribution is -0.143. The van der Waals surface area contributed by atoms with Crippen molar-refractivity contribution >= 4 is 5.97 Å². The van der Waals surface area contributed by atoms with Gasteiger partial charge in [0.2, 0.25) is 0 Å². The van der Waals surface area contributed by atoms with Gasteiger partial charge in [-0.3, -0.25) is 4.79 Å². The lowest BCUT2D eigenvalue weighted by Gasteiger charge is -2.26. The van der Waals surface area contributed by atoms with E-state index in [9.17, 15) is 4.79 Å². The molecule has 0 amide bonds. The highest BCUT2D eigenvalue weighted by atomic mass is 16.4. The van der Waals surface area contributed by atoms with Crippen molar-refractivity contribution in [2.45, 2.75) is 12.8 Å². The molecule has 0 aromatic heterocycles. The Morgan fingerprint density at radius 1 is 1.45 bits per heavy atom. The molecule has 2 rings (SSSR count). The van der Waals surface area contributed by atoms with Crippen LogP contribution in [-0.2, 0) is 4.79 Å². The predicted octanol–water partition coefficient (Wildman–Crippen LogP) is 0.413. The second kappa shape index (κ2) is 2.48. The molecule has 1 unspecified atom stereocenters. The summed E-state index contributed by atoms with van der Waals surface area (Å²) in [6.07, 6.45) is 2.12. The Balaban J connectivity index is 2.02. The van der Waals surface area contributed by atoms with E-state index in [0.29, 0.717) is 5.92 Å². The summed E-state index contributed by atoms with van der Waals surface area (Å²) in [6, 6.07) is 0. The van der Waals surface area contributed by atoms with Gasteiger partial charge in [0.1, 0.15) is 0 Å². The number of carboxylic acid groups (broad SMARTS) is 1. The maximum Gasteiger partial charge on any atom is 0.307 e. The molecule has 2 fully saturated rings. The van der Waals surface area contributed by atoms with Crippen LogP contribution in [0.3, 0.4) is 0 Å². The molecule has 62 valence electrons. The van der Waals surface area contributed by atoms with Gasteiger partial charge in [0.05, 0.1) is 5.92 Å². The van der Waals surface area contributed by atoms with E-state index in [2.05, 4.69) is 4.90 Å². The van der Waals surface area contributed by atoms with Crippen molar-refractivity contribution in [2.75, 3.05) is 19.6 Å². The van der Waals surface area contributed by atoms with Crippen molar-refractivity contribution in [3.63, 3.8) is 0 Å². The van der Waals surface area contributed by atoms with Crippen LogP contribution in [0, 0.1) is 11.8 Å². The average molecular weight is 155 g/mol. The molecule has 1 N–H and O–H groups in total. The Kier molecular flexibility index (Phi) is 1.60. The first kappa shape index (κ1) is 7.10. The normalized spacial score (nSPS) is 42.4. The molecular weight excluding hydrogens is 142 g/mol. The van der Waals surface area contributed by atoms with Gasteiger partial charge < -0.3 is 10.0 Å². The van der Waals surface area contributed by atoms with Gasteiger partial charge in [0.25, 0.3) is 0 Å². The minimum atomic E-state index is -0.610. The Bertz CT molecular complexity index is 169. The van der Waals surface area contributed by atoms with Crippen LogP contribution in [-0.4, -0.2) is 35.6 Å². The van der Waals surface area contributed by atoms with Crippen LogP contribution in [0.2, 0.25) is 0 Å². The molecule has 0 aliphatic carbocycles. The van der Waals surface area contributed by atoms with Crippen LogP contribution < -0.4 is 0 Å². The zero-order chi connectivity index (χ0) is 7.84. The van der Waals surface area contributed by atoms with Crippen LogP contribution in [0.1, 0.15) is 12.8 Å². The van der Waals surface area contributed by atoms with E-state index in [-0.39, 0.29) is 5.92 Å². The van der Waals surface area contributed by atoms with Crippen molar-refractivity contribution < 1.29 is 9.90 Å². The van der Waals surface area contributed by atoms with E-state index in [1.54, 1.807) is 0 Å². The van der Waals surface area contributed by atoms with Crippen LogP contribution >= 0.6 is 0 Å². The predicted molar refractivity (Wildman–Crippen MR) is 40.3 cm³/mol. The fourth-order valence-electron chi connectivity index (χ4n) is 2.24. The van der Waals surface area contributed by atoms with Gasteiger partial charge in [-0.1, -0.05) is 0 Å². The number of hydrogen-bond donors (Lipinski definition) is 1. The Morgan fingerprint density at radius 2 is 2.27 bits per heavy atom. The molecule has 0 aromatic carbocycles. The highest BCUT2D eigenvalue weighted by Gasteiger charge is 2.35. The second-order valence-corrected chi connectivity index (χ2v) is 3.69. The highest BCUT2D eigenvalue weighted by molar-refractivity contribution is 5.70. The second-order valence-electron chi connectivity index (χ2n) is 3.69. The molecule has 2 aliphatic rings. The van der Waals surface area contributed by atoms with Gasteiger partial charge >= 0.3 is 5.97 Å². The molecule has 11 heavy (non-hydrogen) atoms. The summed E-state index contributed by atoms with van der Waals surface area (Å²) in [6.45, 7) is 3.05. The molecule has 2 aliphatic heterocycles. The SMILES string of the molecule is O=C(O)[C@H]1C[C@@H]2CCN(C2)C1. The summed E-state index contributed by atoms with van der Waals surface area (Å²) in [5, 5.41) is 8.77. The molecule has 2 saturated heterocycles. The Labute approximate surface area is 66.0 Å². The summed E-state index contributed by atoms with van der Waals surface area (Å²) in [4.78, 5) is 12.9. The van der Waals surface area contributed by atoms with E-state index in [0.717, 1.165) is 26.1 Å². The van der Waals surface area contributed by atoms with Crippen LogP contribution in [0.25, 0.3) is 0 Å². The Hall–Kier alpha value is -0.570. The lowest BCUT2D eigenvalue weighted by Crippen LogP contribution is -2.36. The van der Waals surface area contributed by atoms with E-state index < -0.39 is 5.97 Å². The first-order chi connectivity index (χ1) is 5.25. The molecule has 2 bridgehead atoms. The van der Waals surface area contributed by atoms with E-state index >= 15 is 0 Å². The molecular formula is C8H13NO2. The summed E-state index contributed by atoms with van der Waals surface area (Å²) in [5.41, 5.74) is 0. The minimum absolute atomic E-state index is 0.0868. The third kappa shape index (κ3) is 1.25. The number of piperidine rings is 1. The van der Waals surface area contributed by atoms with Crippen molar-refractivity contribution in [3.05, 3.63) is 0 Å². The topological polar surface area (TPSA) is 40.5 Å². The first-order valence-corrected chi connectivity index (χ1v) is 4.21. The number of hydrogen-bond acceptors (Lipinski definition) is 2. The first-order valence-electron chi connectivity index (χ1n) is 4.21. The van der Waals surface area contributed by atoms with Gasteiger partial charge in [-0.15, -0.1) is 0 Å². The zero-order valence-electron chi connectivity index (χ0n) is 6.49. The summed E-state index contributed by atoms with van der Waals surface area (Å²) < 4.78 is 0.